The van der Waals surface area contributed by atoms with Gasteiger partial charge in [0.05, 0.1) is 6.26 Å². The minimum Gasteiger partial charge on any atom is -0.459 e. The number of hydrogen-bond acceptors (Lipinski definition) is 4. The Morgan fingerprint density at radius 2 is 1.90 bits per heavy atom. The molecule has 0 aliphatic rings. The fraction of sp³-hybridized carbons (Fsp3) is 0.312. The van der Waals surface area contributed by atoms with Gasteiger partial charge in [-0.3, -0.25) is 10.2 Å². The van der Waals surface area contributed by atoms with Crippen molar-refractivity contribution in [1.29, 1.82) is 0 Å². The lowest BCUT2D eigenvalue weighted by molar-refractivity contribution is 0.0925. The fourth-order valence-electron chi connectivity index (χ4n) is 1.93. The molecule has 1 aromatic carbocycles. The first-order chi connectivity index (χ1) is 9.91. The minimum atomic E-state index is -0.404. The van der Waals surface area contributed by atoms with Crippen LogP contribution in [0.25, 0.3) is 0 Å². The molecule has 1 heterocycles. The lowest BCUT2D eigenvalue weighted by Gasteiger charge is -2.19. The maximum atomic E-state index is 11.5. The number of nitrogens with one attached hydrogen (secondary N) is 1. The van der Waals surface area contributed by atoms with Crippen molar-refractivity contribution in [3.05, 3.63) is 53.5 Å². The van der Waals surface area contributed by atoms with E-state index in [1.807, 2.05) is 0 Å². The lowest BCUT2D eigenvalue weighted by atomic mass is 9.87. The number of amides is 1. The Bertz CT molecular complexity index is 612. The monoisotopic (exact) mass is 304 g/mol. The molecule has 3 N–H and O–H groups in total. The number of nitrogens with two attached hydrogens (primary N) is 1. The Hall–Kier alpha value is -1.72. The summed E-state index contributed by atoms with van der Waals surface area (Å²) < 4.78 is 5.16. The zero-order valence-electron chi connectivity index (χ0n) is 12.5. The van der Waals surface area contributed by atoms with Crippen LogP contribution in [0.2, 0.25) is 0 Å². The largest absolute Gasteiger partial charge is 0.459 e. The maximum Gasteiger partial charge on any atom is 0.301 e. The minimum absolute atomic E-state index is 0.153. The predicted octanol–water partition coefficient (Wildman–Crippen LogP) is 3.47. The van der Waals surface area contributed by atoms with Crippen LogP contribution in [0.3, 0.4) is 0 Å². The van der Waals surface area contributed by atoms with E-state index in [0.717, 1.165) is 10.5 Å². The number of hydrogen-bond donors (Lipinski definition) is 2. The lowest BCUT2D eigenvalue weighted by Crippen LogP contribution is -2.30. The van der Waals surface area contributed by atoms with Gasteiger partial charge in [-0.1, -0.05) is 32.9 Å². The molecule has 21 heavy (non-hydrogen) atoms. The quantitative estimate of drug-likeness (QED) is 0.393. The van der Waals surface area contributed by atoms with E-state index in [-0.39, 0.29) is 11.2 Å². The van der Waals surface area contributed by atoms with Crippen molar-refractivity contribution in [1.82, 2.24) is 5.43 Å². The summed E-state index contributed by atoms with van der Waals surface area (Å²) >= 11 is 1.66. The van der Waals surface area contributed by atoms with E-state index in [4.69, 9.17) is 10.3 Å². The smallest absolute Gasteiger partial charge is 0.301 e. The molecule has 0 atom stereocenters. The van der Waals surface area contributed by atoms with Gasteiger partial charge in [-0.15, -0.1) is 11.8 Å². The van der Waals surface area contributed by atoms with Crippen LogP contribution < -0.4 is 11.3 Å². The van der Waals surface area contributed by atoms with Gasteiger partial charge in [0.25, 0.3) is 0 Å². The molecule has 0 saturated heterocycles. The van der Waals surface area contributed by atoms with Crippen LogP contribution in [-0.4, -0.2) is 5.91 Å². The summed E-state index contributed by atoms with van der Waals surface area (Å²) in [5.74, 6) is 5.66. The van der Waals surface area contributed by atoms with Crippen molar-refractivity contribution < 1.29 is 9.21 Å². The van der Waals surface area contributed by atoms with Gasteiger partial charge in [0.15, 0.2) is 5.76 Å². The number of thioether (sulfide) groups is 1. The van der Waals surface area contributed by atoms with Gasteiger partial charge in [0.1, 0.15) is 0 Å². The van der Waals surface area contributed by atoms with Crippen molar-refractivity contribution in [2.75, 3.05) is 0 Å². The van der Waals surface area contributed by atoms with Crippen molar-refractivity contribution in [2.24, 2.45) is 5.84 Å². The molecule has 0 spiro atoms. The van der Waals surface area contributed by atoms with Gasteiger partial charge in [-0.25, -0.2) is 5.84 Å². The second-order valence-electron chi connectivity index (χ2n) is 5.81. The normalized spacial score (nSPS) is 11.4. The van der Waals surface area contributed by atoms with E-state index in [1.165, 1.54) is 11.8 Å². The zero-order chi connectivity index (χ0) is 15.5. The second-order valence-corrected chi connectivity index (χ2v) is 6.86. The van der Waals surface area contributed by atoms with E-state index in [9.17, 15) is 4.79 Å². The highest BCUT2D eigenvalue weighted by atomic mass is 32.2. The van der Waals surface area contributed by atoms with Crippen molar-refractivity contribution in [3.63, 3.8) is 0 Å². The van der Waals surface area contributed by atoms with Gasteiger partial charge in [-0.05, 0) is 29.2 Å². The molecule has 112 valence electrons. The predicted molar refractivity (Wildman–Crippen MR) is 85.1 cm³/mol. The molecule has 0 aliphatic heterocycles. The number of carbonyl (C=O) groups excluding carboxylic acids is 1. The van der Waals surface area contributed by atoms with Gasteiger partial charge in [-0.2, -0.15) is 0 Å². The summed E-state index contributed by atoms with van der Waals surface area (Å²) in [5, 5.41) is 0. The summed E-state index contributed by atoms with van der Waals surface area (Å²) in [7, 11) is 0. The Morgan fingerprint density at radius 1 is 1.24 bits per heavy atom. The first kappa shape index (κ1) is 15.7. The average molecular weight is 304 g/mol. The number of nitrogen functional groups attached to an aromatic ring is 1. The van der Waals surface area contributed by atoms with Crippen LogP contribution >= 0.6 is 11.8 Å². The molecule has 1 amide bonds. The summed E-state index contributed by atoms with van der Waals surface area (Å²) in [6, 6.07) is 10.3. The first-order valence-electron chi connectivity index (χ1n) is 6.72. The highest BCUT2D eigenvalue weighted by Gasteiger charge is 2.15. The molecule has 2 rings (SSSR count). The maximum absolute atomic E-state index is 11.5. The molecule has 5 heteroatoms. The summed E-state index contributed by atoms with van der Waals surface area (Å²) in [6.07, 6.45) is 1.50. The third-order valence-electron chi connectivity index (χ3n) is 3.20. The highest BCUT2D eigenvalue weighted by molar-refractivity contribution is 7.98. The van der Waals surface area contributed by atoms with Crippen LogP contribution in [0.4, 0.5) is 0 Å². The average Bonchev–Trinajstić information content (AvgIpc) is 2.92. The highest BCUT2D eigenvalue weighted by Crippen LogP contribution is 2.28. The molecule has 0 bridgehead atoms. The topological polar surface area (TPSA) is 68.3 Å². The standard InChI is InChI=1S/C16H20N2O2S/c1-16(2,3)12-4-6-13(7-5-12)21-10-11-8-9-20-14(11)15(19)18-17/h4-9H,10,17H2,1-3H3,(H,18,19). The Morgan fingerprint density at radius 3 is 2.48 bits per heavy atom. The van der Waals surface area contributed by atoms with Crippen LogP contribution in [0.1, 0.15) is 42.5 Å². The molecule has 4 nitrogen and oxygen atoms in total. The Balaban J connectivity index is 2.04. The number of furan rings is 1. The van der Waals surface area contributed by atoms with Crippen LogP contribution in [-0.2, 0) is 11.2 Å². The summed E-state index contributed by atoms with van der Waals surface area (Å²) in [4.78, 5) is 12.7. The summed E-state index contributed by atoms with van der Waals surface area (Å²) in [5.41, 5.74) is 4.38. The fourth-order valence-corrected chi connectivity index (χ4v) is 2.80. The third-order valence-corrected chi connectivity index (χ3v) is 4.26. The molecular formula is C16H20N2O2S. The van der Waals surface area contributed by atoms with Crippen LogP contribution in [0, 0.1) is 0 Å². The Labute approximate surface area is 129 Å². The molecule has 0 fully saturated rings. The molecule has 0 unspecified atom stereocenters. The molecule has 0 radical (unpaired) electrons. The van der Waals surface area contributed by atoms with E-state index in [1.54, 1.807) is 17.8 Å². The van der Waals surface area contributed by atoms with E-state index in [2.05, 4.69) is 50.5 Å². The second kappa shape index (κ2) is 6.37. The van der Waals surface area contributed by atoms with Gasteiger partial charge in [0.2, 0.25) is 0 Å². The van der Waals surface area contributed by atoms with Gasteiger partial charge < -0.3 is 4.42 Å². The first-order valence-corrected chi connectivity index (χ1v) is 7.71. The molecule has 0 saturated carbocycles. The zero-order valence-corrected chi connectivity index (χ0v) is 13.3. The molecule has 0 aliphatic carbocycles. The van der Waals surface area contributed by atoms with E-state index in [0.29, 0.717) is 5.75 Å². The van der Waals surface area contributed by atoms with E-state index >= 15 is 0 Å². The SMILES string of the molecule is CC(C)(C)c1ccc(SCc2ccoc2C(=O)NN)cc1. The molecule has 2 aromatic rings. The van der Waals surface area contributed by atoms with E-state index < -0.39 is 5.91 Å². The van der Waals surface area contributed by atoms with Crippen LogP contribution in [0.5, 0.6) is 0 Å². The van der Waals surface area contributed by atoms with Crippen LogP contribution in [0.15, 0.2) is 45.9 Å². The number of rotatable bonds is 4. The van der Waals surface area contributed by atoms with Gasteiger partial charge in [0, 0.05) is 16.2 Å². The van der Waals surface area contributed by atoms with Gasteiger partial charge >= 0.3 is 5.91 Å². The number of hydrazine groups is 1. The Kier molecular flexibility index (Phi) is 4.75. The van der Waals surface area contributed by atoms with Crippen molar-refractivity contribution >= 4 is 17.7 Å². The van der Waals surface area contributed by atoms with Crippen molar-refractivity contribution in [3.8, 4) is 0 Å². The summed E-state index contributed by atoms with van der Waals surface area (Å²) in [6.45, 7) is 6.58. The third kappa shape index (κ3) is 3.89. The number of benzene rings is 1. The molecule has 1 aromatic heterocycles. The number of carbonyl (C=O) groups is 1. The molecular weight excluding hydrogens is 284 g/mol. The van der Waals surface area contributed by atoms with Crippen molar-refractivity contribution in [2.45, 2.75) is 36.8 Å².